The van der Waals surface area contributed by atoms with Crippen LogP contribution in [-0.2, 0) is 15.7 Å². The van der Waals surface area contributed by atoms with Crippen molar-refractivity contribution in [2.75, 3.05) is 6.61 Å². The molecule has 5 nitrogen and oxygen atoms in total. The van der Waals surface area contributed by atoms with E-state index in [9.17, 15) is 18.0 Å². The Morgan fingerprint density at radius 1 is 1.09 bits per heavy atom. The Hall–Kier alpha value is -4.12. The van der Waals surface area contributed by atoms with Gasteiger partial charge < -0.3 is 9.47 Å². The van der Waals surface area contributed by atoms with Gasteiger partial charge in [0, 0.05) is 11.6 Å². The molecule has 0 N–H and O–H groups in total. The van der Waals surface area contributed by atoms with E-state index in [2.05, 4.69) is 4.98 Å². The molecule has 0 radical (unpaired) electrons. The smallest absolute Gasteiger partial charge is 0.417 e. The van der Waals surface area contributed by atoms with Crippen LogP contribution in [0.3, 0.4) is 0 Å². The van der Waals surface area contributed by atoms with Crippen LogP contribution >= 0.6 is 0 Å². The average Bonchev–Trinajstić information content (AvgIpc) is 2.78. The number of halogens is 3. The first-order valence-electron chi connectivity index (χ1n) is 9.51. The number of rotatable bonds is 6. The minimum absolute atomic E-state index is 0.117. The van der Waals surface area contributed by atoms with Gasteiger partial charge in [0.05, 0.1) is 35.2 Å². The van der Waals surface area contributed by atoms with Gasteiger partial charge in [0.25, 0.3) is 0 Å². The third kappa shape index (κ3) is 5.73. The Bertz CT molecular complexity index is 1180. The summed E-state index contributed by atoms with van der Waals surface area (Å²) >= 11 is 0. The van der Waals surface area contributed by atoms with Gasteiger partial charge >= 0.3 is 12.1 Å². The maximum absolute atomic E-state index is 12.9. The summed E-state index contributed by atoms with van der Waals surface area (Å²) in [5.41, 5.74) is 0.483. The van der Waals surface area contributed by atoms with Crippen molar-refractivity contribution in [3.63, 3.8) is 0 Å². The van der Waals surface area contributed by atoms with Gasteiger partial charge in [-0.2, -0.15) is 18.4 Å². The number of carbonyl (C=O) groups is 1. The van der Waals surface area contributed by atoms with Crippen LogP contribution in [0, 0.1) is 11.3 Å². The maximum Gasteiger partial charge on any atom is 0.417 e. The number of hydrogen-bond acceptors (Lipinski definition) is 5. The molecule has 0 amide bonds. The Morgan fingerprint density at radius 3 is 2.47 bits per heavy atom. The Kier molecular flexibility index (Phi) is 6.90. The number of benzene rings is 2. The summed E-state index contributed by atoms with van der Waals surface area (Å²) in [4.78, 5) is 15.9. The summed E-state index contributed by atoms with van der Waals surface area (Å²) < 4.78 is 49.2. The predicted molar refractivity (Wildman–Crippen MR) is 112 cm³/mol. The van der Waals surface area contributed by atoms with E-state index in [0.29, 0.717) is 17.1 Å². The third-order valence-corrected chi connectivity index (χ3v) is 4.25. The predicted octanol–water partition coefficient (Wildman–Crippen LogP) is 6.01. The van der Waals surface area contributed by atoms with Gasteiger partial charge in [0.1, 0.15) is 11.5 Å². The number of hydrogen-bond donors (Lipinski definition) is 0. The van der Waals surface area contributed by atoms with E-state index in [1.165, 1.54) is 12.1 Å². The molecule has 2 aromatic carbocycles. The Morgan fingerprint density at radius 2 is 1.81 bits per heavy atom. The lowest BCUT2D eigenvalue weighted by Crippen LogP contribution is -2.07. The number of alkyl halides is 3. The number of ether oxygens (including phenoxy) is 2. The zero-order valence-electron chi connectivity index (χ0n) is 16.9. The monoisotopic (exact) mass is 438 g/mol. The molecule has 0 atom stereocenters. The zero-order chi connectivity index (χ0) is 23.1. The highest BCUT2D eigenvalue weighted by molar-refractivity contribution is 5.86. The lowest BCUT2D eigenvalue weighted by Gasteiger charge is -2.11. The normalized spacial score (nSPS) is 11.2. The average molecular weight is 438 g/mol. The minimum atomic E-state index is -4.61. The lowest BCUT2D eigenvalue weighted by atomic mass is 10.1. The first kappa shape index (κ1) is 22.6. The van der Waals surface area contributed by atoms with Gasteiger partial charge in [0.15, 0.2) is 0 Å². The lowest BCUT2D eigenvalue weighted by molar-refractivity contribution is -0.138. The van der Waals surface area contributed by atoms with Crippen molar-refractivity contribution in [1.29, 1.82) is 5.26 Å². The molecule has 3 rings (SSSR count). The molecular formula is C24H17F3N2O3. The van der Waals surface area contributed by atoms with Crippen molar-refractivity contribution >= 4 is 12.0 Å². The quantitative estimate of drug-likeness (QED) is 0.348. The van der Waals surface area contributed by atoms with E-state index in [1.807, 2.05) is 0 Å². The molecule has 0 aliphatic heterocycles. The molecular weight excluding hydrogens is 421 g/mol. The molecule has 1 aromatic heterocycles. The standard InChI is InChI=1S/C24H17F3N2O3/c1-2-31-23(30)13-8-18-4-3-5-22(29-18)16-6-9-19(10-7-16)32-20-11-12-21(24(25,26)27)17(14-20)15-28/h3-14H,2H2,1H3/b13-8+. The fourth-order valence-electron chi connectivity index (χ4n) is 2.81. The van der Waals surface area contributed by atoms with Crippen molar-refractivity contribution in [3.05, 3.63) is 83.6 Å². The second-order valence-electron chi connectivity index (χ2n) is 6.48. The SMILES string of the molecule is CCOC(=O)/C=C/c1cccc(-c2ccc(Oc3ccc(C(F)(F)F)c(C#N)c3)cc2)n1. The van der Waals surface area contributed by atoms with Gasteiger partial charge in [-0.3, -0.25) is 0 Å². The number of esters is 1. The molecule has 0 unspecified atom stereocenters. The third-order valence-electron chi connectivity index (χ3n) is 4.25. The van der Waals surface area contributed by atoms with Gasteiger partial charge in [-0.1, -0.05) is 6.07 Å². The molecule has 0 spiro atoms. The van der Waals surface area contributed by atoms with Crippen molar-refractivity contribution in [3.8, 4) is 28.8 Å². The van der Waals surface area contributed by atoms with Crippen LogP contribution in [0.1, 0.15) is 23.7 Å². The number of nitrogens with zero attached hydrogens (tertiary/aromatic N) is 2. The topological polar surface area (TPSA) is 72.2 Å². The number of pyridine rings is 1. The van der Waals surface area contributed by atoms with E-state index in [1.54, 1.807) is 61.5 Å². The molecule has 0 saturated heterocycles. The van der Waals surface area contributed by atoms with Gasteiger partial charge in [-0.25, -0.2) is 9.78 Å². The highest BCUT2D eigenvalue weighted by Crippen LogP contribution is 2.34. The molecule has 32 heavy (non-hydrogen) atoms. The van der Waals surface area contributed by atoms with Gasteiger partial charge in [0.2, 0.25) is 0 Å². The number of aromatic nitrogens is 1. The highest BCUT2D eigenvalue weighted by atomic mass is 19.4. The van der Waals surface area contributed by atoms with Gasteiger partial charge in [-0.15, -0.1) is 0 Å². The van der Waals surface area contributed by atoms with Crippen LogP contribution in [0.25, 0.3) is 17.3 Å². The van der Waals surface area contributed by atoms with Crippen LogP contribution in [0.15, 0.2) is 66.7 Å². The molecule has 162 valence electrons. The zero-order valence-corrected chi connectivity index (χ0v) is 16.9. The van der Waals surface area contributed by atoms with Crippen LogP contribution in [0.5, 0.6) is 11.5 Å². The Balaban J connectivity index is 1.76. The fraction of sp³-hybridized carbons (Fsp3) is 0.125. The van der Waals surface area contributed by atoms with Crippen molar-refractivity contribution in [2.24, 2.45) is 0 Å². The molecule has 1 heterocycles. The van der Waals surface area contributed by atoms with Crippen LogP contribution in [-0.4, -0.2) is 17.6 Å². The summed E-state index contributed by atoms with van der Waals surface area (Å²) in [5.74, 6) is 0.0475. The highest BCUT2D eigenvalue weighted by Gasteiger charge is 2.33. The fourth-order valence-corrected chi connectivity index (χ4v) is 2.81. The number of nitriles is 1. The van der Waals surface area contributed by atoms with E-state index < -0.39 is 23.3 Å². The van der Waals surface area contributed by atoms with Crippen molar-refractivity contribution < 1.29 is 27.4 Å². The van der Waals surface area contributed by atoms with Gasteiger partial charge in [-0.05, 0) is 67.6 Å². The summed E-state index contributed by atoms with van der Waals surface area (Å²) in [7, 11) is 0. The second kappa shape index (κ2) is 9.79. The molecule has 8 heteroatoms. The molecule has 0 aliphatic rings. The van der Waals surface area contributed by atoms with E-state index >= 15 is 0 Å². The largest absolute Gasteiger partial charge is 0.463 e. The molecule has 0 aliphatic carbocycles. The summed E-state index contributed by atoms with van der Waals surface area (Å²) in [6.07, 6.45) is -1.76. The first-order chi connectivity index (χ1) is 15.3. The summed E-state index contributed by atoms with van der Waals surface area (Å²) in [6, 6.07) is 16.7. The first-order valence-corrected chi connectivity index (χ1v) is 9.51. The van der Waals surface area contributed by atoms with Crippen LogP contribution < -0.4 is 4.74 Å². The summed E-state index contributed by atoms with van der Waals surface area (Å²) in [5, 5.41) is 9.01. The molecule has 0 saturated carbocycles. The number of carbonyl (C=O) groups excluding carboxylic acids is 1. The van der Waals surface area contributed by atoms with Crippen molar-refractivity contribution in [2.45, 2.75) is 13.1 Å². The Labute approximate surface area is 182 Å². The molecule has 3 aromatic rings. The maximum atomic E-state index is 12.9. The molecule has 0 fully saturated rings. The summed E-state index contributed by atoms with van der Waals surface area (Å²) in [6.45, 7) is 2.01. The second-order valence-corrected chi connectivity index (χ2v) is 6.48. The van der Waals surface area contributed by atoms with Crippen LogP contribution in [0.4, 0.5) is 13.2 Å². The minimum Gasteiger partial charge on any atom is -0.463 e. The van der Waals surface area contributed by atoms with Crippen molar-refractivity contribution in [1.82, 2.24) is 4.98 Å². The van der Waals surface area contributed by atoms with E-state index in [4.69, 9.17) is 14.7 Å². The van der Waals surface area contributed by atoms with E-state index in [-0.39, 0.29) is 12.4 Å². The van der Waals surface area contributed by atoms with Crippen LogP contribution in [0.2, 0.25) is 0 Å². The van der Waals surface area contributed by atoms with E-state index in [0.717, 1.165) is 17.7 Å². The molecule has 0 bridgehead atoms.